The van der Waals surface area contributed by atoms with Crippen LogP contribution in [-0.2, 0) is 10.0 Å². The van der Waals surface area contributed by atoms with E-state index in [9.17, 15) is 17.6 Å². The summed E-state index contributed by atoms with van der Waals surface area (Å²) in [5, 5.41) is 2.73. The zero-order chi connectivity index (χ0) is 19.4. The summed E-state index contributed by atoms with van der Waals surface area (Å²) in [6.45, 7) is 0.749. The van der Waals surface area contributed by atoms with Gasteiger partial charge in [0.25, 0.3) is 5.91 Å². The normalized spacial score (nSPS) is 15.5. The second kappa shape index (κ2) is 8.41. The molecule has 1 aliphatic heterocycles. The number of hydrogen-bond donors (Lipinski definition) is 1. The van der Waals surface area contributed by atoms with Gasteiger partial charge in [-0.15, -0.1) is 11.8 Å². The molecule has 0 aliphatic carbocycles. The van der Waals surface area contributed by atoms with Crippen molar-refractivity contribution >= 4 is 33.4 Å². The van der Waals surface area contributed by atoms with Gasteiger partial charge in [0.1, 0.15) is 10.7 Å². The van der Waals surface area contributed by atoms with Crippen molar-refractivity contribution in [2.75, 3.05) is 24.7 Å². The van der Waals surface area contributed by atoms with Gasteiger partial charge in [0, 0.05) is 29.2 Å². The fourth-order valence-electron chi connectivity index (χ4n) is 2.99. The van der Waals surface area contributed by atoms with Gasteiger partial charge >= 0.3 is 0 Å². The van der Waals surface area contributed by atoms with E-state index >= 15 is 0 Å². The predicted octanol–water partition coefficient (Wildman–Crippen LogP) is 3.97. The molecule has 144 valence electrons. The number of thioether (sulfide) groups is 1. The van der Waals surface area contributed by atoms with Crippen LogP contribution in [0.25, 0.3) is 0 Å². The van der Waals surface area contributed by atoms with Gasteiger partial charge in [-0.05, 0) is 55.5 Å². The highest BCUT2D eigenvalue weighted by molar-refractivity contribution is 7.98. The summed E-state index contributed by atoms with van der Waals surface area (Å²) in [4.78, 5) is 13.1. The van der Waals surface area contributed by atoms with Crippen molar-refractivity contribution in [1.29, 1.82) is 0 Å². The summed E-state index contributed by atoms with van der Waals surface area (Å²) in [5.41, 5.74) is 0.693. The van der Waals surface area contributed by atoms with Gasteiger partial charge in [-0.25, -0.2) is 12.8 Å². The van der Waals surface area contributed by atoms with Crippen LogP contribution in [0.5, 0.6) is 0 Å². The molecule has 1 aliphatic rings. The number of nitrogens with zero attached hydrogens (tertiary/aromatic N) is 1. The predicted molar refractivity (Wildman–Crippen MR) is 105 cm³/mol. The Morgan fingerprint density at radius 3 is 2.56 bits per heavy atom. The lowest BCUT2D eigenvalue weighted by Gasteiger charge is -2.26. The number of piperidine rings is 1. The van der Waals surface area contributed by atoms with E-state index in [0.29, 0.717) is 18.8 Å². The highest BCUT2D eigenvalue weighted by Crippen LogP contribution is 2.25. The monoisotopic (exact) mass is 408 g/mol. The van der Waals surface area contributed by atoms with E-state index in [1.807, 2.05) is 24.5 Å². The summed E-state index contributed by atoms with van der Waals surface area (Å²) in [7, 11) is -3.96. The minimum atomic E-state index is -3.96. The summed E-state index contributed by atoms with van der Waals surface area (Å²) >= 11 is 1.54. The Bertz CT molecular complexity index is 942. The molecule has 1 saturated heterocycles. The number of nitrogens with one attached hydrogen (secondary N) is 1. The average molecular weight is 409 g/mol. The largest absolute Gasteiger partial charge is 0.322 e. The molecule has 1 N–H and O–H groups in total. The Labute approximate surface area is 163 Å². The van der Waals surface area contributed by atoms with Crippen molar-refractivity contribution < 1.29 is 17.6 Å². The highest BCUT2D eigenvalue weighted by atomic mass is 32.2. The van der Waals surface area contributed by atoms with E-state index < -0.39 is 26.6 Å². The van der Waals surface area contributed by atoms with Crippen molar-refractivity contribution in [3.8, 4) is 0 Å². The molecule has 1 heterocycles. The number of halogens is 1. The Morgan fingerprint density at radius 2 is 1.85 bits per heavy atom. The highest BCUT2D eigenvalue weighted by Gasteiger charge is 2.29. The van der Waals surface area contributed by atoms with Crippen LogP contribution in [0.2, 0.25) is 0 Å². The number of benzene rings is 2. The van der Waals surface area contributed by atoms with Crippen molar-refractivity contribution in [2.24, 2.45) is 0 Å². The molecule has 27 heavy (non-hydrogen) atoms. The molecule has 0 saturated carbocycles. The van der Waals surface area contributed by atoms with E-state index in [1.54, 1.807) is 17.8 Å². The Balaban J connectivity index is 1.87. The third-order valence-electron chi connectivity index (χ3n) is 4.45. The zero-order valence-electron chi connectivity index (χ0n) is 14.9. The van der Waals surface area contributed by atoms with Crippen LogP contribution < -0.4 is 5.32 Å². The van der Waals surface area contributed by atoms with Gasteiger partial charge in [-0.3, -0.25) is 4.79 Å². The first-order chi connectivity index (χ1) is 12.9. The zero-order valence-corrected chi connectivity index (χ0v) is 16.6. The molecule has 2 aromatic rings. The van der Waals surface area contributed by atoms with E-state index in [0.717, 1.165) is 36.3 Å². The first-order valence-electron chi connectivity index (χ1n) is 8.67. The maximum atomic E-state index is 14.3. The fourth-order valence-corrected chi connectivity index (χ4v) is 5.06. The average Bonchev–Trinajstić information content (AvgIpc) is 2.69. The van der Waals surface area contributed by atoms with Crippen molar-refractivity contribution in [3.63, 3.8) is 0 Å². The van der Waals surface area contributed by atoms with E-state index in [2.05, 4.69) is 5.32 Å². The molecule has 0 bridgehead atoms. The molecule has 5 nitrogen and oxygen atoms in total. The van der Waals surface area contributed by atoms with Crippen LogP contribution in [0.4, 0.5) is 10.1 Å². The number of rotatable bonds is 5. The van der Waals surface area contributed by atoms with Gasteiger partial charge in [-0.2, -0.15) is 4.31 Å². The van der Waals surface area contributed by atoms with Crippen LogP contribution in [0.15, 0.2) is 52.3 Å². The molecule has 0 aromatic heterocycles. The topological polar surface area (TPSA) is 66.5 Å². The first kappa shape index (κ1) is 19.9. The van der Waals surface area contributed by atoms with Crippen LogP contribution in [0, 0.1) is 5.82 Å². The molecule has 0 spiro atoms. The van der Waals surface area contributed by atoms with Crippen molar-refractivity contribution in [1.82, 2.24) is 4.31 Å². The molecule has 0 unspecified atom stereocenters. The van der Waals surface area contributed by atoms with Crippen LogP contribution in [0.3, 0.4) is 0 Å². The minimum absolute atomic E-state index is 0.0986. The fraction of sp³-hybridized carbons (Fsp3) is 0.316. The van der Waals surface area contributed by atoms with Gasteiger partial charge in [0.15, 0.2) is 0 Å². The molecule has 1 fully saturated rings. The van der Waals surface area contributed by atoms with Gasteiger partial charge in [-0.1, -0.05) is 12.5 Å². The molecule has 0 atom stereocenters. The maximum Gasteiger partial charge on any atom is 0.255 e. The van der Waals surface area contributed by atoms with Crippen molar-refractivity contribution in [3.05, 3.63) is 53.8 Å². The number of sulfonamides is 1. The summed E-state index contributed by atoms with van der Waals surface area (Å²) < 4.78 is 41.1. The molecule has 8 heteroatoms. The number of carbonyl (C=O) groups excluding carboxylic acids is 1. The van der Waals surface area contributed by atoms with Gasteiger partial charge < -0.3 is 5.32 Å². The van der Waals surface area contributed by atoms with Crippen LogP contribution >= 0.6 is 11.8 Å². The van der Waals surface area contributed by atoms with E-state index in [4.69, 9.17) is 0 Å². The lowest BCUT2D eigenvalue weighted by Crippen LogP contribution is -2.36. The molecular weight excluding hydrogens is 387 g/mol. The van der Waals surface area contributed by atoms with Crippen molar-refractivity contribution in [2.45, 2.75) is 29.1 Å². The van der Waals surface area contributed by atoms with E-state index in [1.165, 1.54) is 10.4 Å². The minimum Gasteiger partial charge on any atom is -0.322 e. The standard InChI is InChI=1S/C19H21FN2O3S2/c1-26-16-7-5-6-15(13-16)21-19(23)14-8-9-17(20)18(12-14)27(24,25)22-10-3-2-4-11-22/h5-9,12-13H,2-4,10-11H2,1H3,(H,21,23). The number of anilines is 1. The Hall–Kier alpha value is -1.90. The number of amides is 1. The van der Waals surface area contributed by atoms with Crippen LogP contribution in [-0.4, -0.2) is 38.0 Å². The third-order valence-corrected chi connectivity index (χ3v) is 7.09. The van der Waals surface area contributed by atoms with Gasteiger partial charge in [0.2, 0.25) is 10.0 Å². The summed E-state index contributed by atoms with van der Waals surface area (Å²) in [5.74, 6) is -1.33. The van der Waals surface area contributed by atoms with Crippen LogP contribution in [0.1, 0.15) is 29.6 Å². The summed E-state index contributed by atoms with van der Waals surface area (Å²) in [6.07, 6.45) is 4.41. The Morgan fingerprint density at radius 1 is 1.11 bits per heavy atom. The molecule has 2 aromatic carbocycles. The number of hydrogen-bond acceptors (Lipinski definition) is 4. The summed E-state index contributed by atoms with van der Waals surface area (Å²) in [6, 6.07) is 10.7. The number of carbonyl (C=O) groups is 1. The maximum absolute atomic E-state index is 14.3. The molecule has 1 amide bonds. The molecule has 3 rings (SSSR count). The lowest BCUT2D eigenvalue weighted by molar-refractivity contribution is 0.102. The molecular formula is C19H21FN2O3S2. The molecule has 0 radical (unpaired) electrons. The van der Waals surface area contributed by atoms with E-state index in [-0.39, 0.29) is 5.56 Å². The third kappa shape index (κ3) is 4.51. The smallest absolute Gasteiger partial charge is 0.255 e. The van der Waals surface area contributed by atoms with Gasteiger partial charge in [0.05, 0.1) is 0 Å². The second-order valence-electron chi connectivity index (χ2n) is 6.30. The Kier molecular flexibility index (Phi) is 6.18. The lowest BCUT2D eigenvalue weighted by atomic mass is 10.2. The second-order valence-corrected chi connectivity index (χ2v) is 9.08. The quantitative estimate of drug-likeness (QED) is 0.760. The SMILES string of the molecule is CSc1cccc(NC(=O)c2ccc(F)c(S(=O)(=O)N3CCCCC3)c2)c1. The first-order valence-corrected chi connectivity index (χ1v) is 11.3.